The molecule has 1 rings (SSSR count). The van der Waals surface area contributed by atoms with Crippen molar-refractivity contribution in [3.8, 4) is 0 Å². The van der Waals surface area contributed by atoms with Gasteiger partial charge in [0.05, 0.1) is 0 Å². The third-order valence-electron chi connectivity index (χ3n) is 2.41. The van der Waals surface area contributed by atoms with Crippen LogP contribution in [0.15, 0.2) is 18.2 Å². The van der Waals surface area contributed by atoms with Crippen LogP contribution in [-0.4, -0.2) is 12.2 Å². The first kappa shape index (κ1) is 13.1. The molecule has 88 valence electrons. The van der Waals surface area contributed by atoms with Crippen molar-refractivity contribution in [3.63, 3.8) is 0 Å². The summed E-state index contributed by atoms with van der Waals surface area (Å²) in [6.07, 6.45) is 2.07. The van der Waals surface area contributed by atoms with Crippen LogP contribution >= 0.6 is 11.8 Å². The molecule has 0 heterocycles. The molecule has 2 nitrogen and oxygen atoms in total. The number of carbonyl (C=O) groups is 1. The third kappa shape index (κ3) is 3.27. The highest BCUT2D eigenvalue weighted by Crippen LogP contribution is 2.29. The van der Waals surface area contributed by atoms with Crippen molar-refractivity contribution in [1.29, 1.82) is 0 Å². The second kappa shape index (κ2) is 5.94. The molecule has 0 bridgehead atoms. The Balaban J connectivity index is 3.17. The van der Waals surface area contributed by atoms with Gasteiger partial charge in [-0.05, 0) is 23.3 Å². The summed E-state index contributed by atoms with van der Waals surface area (Å²) in [4.78, 5) is 11.2. The minimum Gasteiger partial charge on any atom is -0.326 e. The van der Waals surface area contributed by atoms with Gasteiger partial charge in [0.15, 0.2) is 0 Å². The van der Waals surface area contributed by atoms with Gasteiger partial charge < -0.3 is 5.32 Å². The fourth-order valence-corrected chi connectivity index (χ4v) is 2.26. The molecule has 0 fully saturated rings. The van der Waals surface area contributed by atoms with Gasteiger partial charge >= 0.3 is 0 Å². The van der Waals surface area contributed by atoms with Gasteiger partial charge in [0.2, 0.25) is 5.91 Å². The lowest BCUT2D eigenvalue weighted by atomic mass is 9.98. The molecule has 0 unspecified atom stereocenters. The zero-order chi connectivity index (χ0) is 12.1. The molecule has 0 atom stereocenters. The van der Waals surface area contributed by atoms with E-state index in [9.17, 15) is 4.79 Å². The van der Waals surface area contributed by atoms with E-state index in [1.54, 1.807) is 18.7 Å². The molecule has 0 aromatic heterocycles. The van der Waals surface area contributed by atoms with Crippen molar-refractivity contribution in [2.24, 2.45) is 0 Å². The fraction of sp³-hybridized carbons (Fsp3) is 0.462. The molecule has 16 heavy (non-hydrogen) atoms. The first-order valence-corrected chi connectivity index (χ1v) is 6.84. The third-order valence-corrected chi connectivity index (χ3v) is 3.01. The highest BCUT2D eigenvalue weighted by atomic mass is 32.2. The summed E-state index contributed by atoms with van der Waals surface area (Å²) in [6, 6.07) is 6.22. The van der Waals surface area contributed by atoms with E-state index in [4.69, 9.17) is 0 Å². The molecule has 0 spiro atoms. The maximum absolute atomic E-state index is 11.2. The van der Waals surface area contributed by atoms with Gasteiger partial charge in [0.1, 0.15) is 0 Å². The average molecular weight is 237 g/mol. The Hall–Kier alpha value is -0.960. The molecule has 0 aliphatic rings. The lowest BCUT2D eigenvalue weighted by Gasteiger charge is -2.17. The van der Waals surface area contributed by atoms with E-state index in [1.807, 2.05) is 0 Å². The van der Waals surface area contributed by atoms with Crippen molar-refractivity contribution in [3.05, 3.63) is 29.3 Å². The predicted molar refractivity (Wildman–Crippen MR) is 72.1 cm³/mol. The monoisotopic (exact) mass is 237 g/mol. The van der Waals surface area contributed by atoms with Crippen LogP contribution in [0.4, 0.5) is 5.69 Å². The summed E-state index contributed by atoms with van der Waals surface area (Å²) >= 11 is 1.77. The number of rotatable bonds is 4. The lowest BCUT2D eigenvalue weighted by Crippen LogP contribution is -2.11. The molecule has 0 aliphatic heterocycles. The zero-order valence-corrected chi connectivity index (χ0v) is 11.1. The summed E-state index contributed by atoms with van der Waals surface area (Å²) in [5, 5.41) is 2.96. The van der Waals surface area contributed by atoms with Gasteiger partial charge in [0, 0.05) is 18.4 Å². The smallest absolute Gasteiger partial charge is 0.221 e. The van der Waals surface area contributed by atoms with Crippen LogP contribution < -0.4 is 5.32 Å². The van der Waals surface area contributed by atoms with Crippen molar-refractivity contribution < 1.29 is 4.79 Å². The van der Waals surface area contributed by atoms with Crippen LogP contribution in [0.5, 0.6) is 0 Å². The topological polar surface area (TPSA) is 29.1 Å². The predicted octanol–water partition coefficient (Wildman–Crippen LogP) is 3.63. The van der Waals surface area contributed by atoms with Gasteiger partial charge in [-0.2, -0.15) is 11.8 Å². The van der Waals surface area contributed by atoms with E-state index >= 15 is 0 Å². The molecule has 0 radical (unpaired) electrons. The van der Waals surface area contributed by atoms with E-state index in [-0.39, 0.29) is 5.91 Å². The summed E-state index contributed by atoms with van der Waals surface area (Å²) in [5.74, 6) is 1.34. The maximum Gasteiger partial charge on any atom is 0.221 e. The van der Waals surface area contributed by atoms with Crippen LogP contribution in [0.25, 0.3) is 0 Å². The Morgan fingerprint density at radius 2 is 2.12 bits per heavy atom. The zero-order valence-electron chi connectivity index (χ0n) is 10.3. The van der Waals surface area contributed by atoms with Gasteiger partial charge in [-0.15, -0.1) is 0 Å². The molecule has 3 heteroatoms. The number of hydrogen-bond acceptors (Lipinski definition) is 2. The first-order valence-electron chi connectivity index (χ1n) is 5.44. The molecule has 0 aliphatic carbocycles. The molecular weight excluding hydrogens is 218 g/mol. The Morgan fingerprint density at radius 3 is 2.62 bits per heavy atom. The van der Waals surface area contributed by atoms with Gasteiger partial charge in [-0.25, -0.2) is 0 Å². The second-order valence-electron chi connectivity index (χ2n) is 4.15. The van der Waals surface area contributed by atoms with Gasteiger partial charge in [-0.3, -0.25) is 4.79 Å². The van der Waals surface area contributed by atoms with Crippen LogP contribution in [0.2, 0.25) is 0 Å². The fourth-order valence-electron chi connectivity index (χ4n) is 1.71. The first-order chi connectivity index (χ1) is 7.56. The van der Waals surface area contributed by atoms with E-state index in [0.29, 0.717) is 5.92 Å². The summed E-state index contributed by atoms with van der Waals surface area (Å²) in [7, 11) is 0. The number of para-hydroxylation sites is 1. The SMILES string of the molecule is CSCc1cccc(C(C)C)c1NC(C)=O. The highest BCUT2D eigenvalue weighted by molar-refractivity contribution is 7.97. The van der Waals surface area contributed by atoms with Crippen LogP contribution in [0, 0.1) is 0 Å². The summed E-state index contributed by atoms with van der Waals surface area (Å²) in [5.41, 5.74) is 3.41. The molecule has 1 aromatic rings. The maximum atomic E-state index is 11.2. The number of nitrogens with one attached hydrogen (secondary N) is 1. The largest absolute Gasteiger partial charge is 0.326 e. The number of amides is 1. The Kier molecular flexibility index (Phi) is 4.87. The number of anilines is 1. The lowest BCUT2D eigenvalue weighted by molar-refractivity contribution is -0.114. The average Bonchev–Trinajstić information content (AvgIpc) is 2.19. The van der Waals surface area contributed by atoms with Crippen molar-refractivity contribution in [2.45, 2.75) is 32.4 Å². The number of benzene rings is 1. The summed E-state index contributed by atoms with van der Waals surface area (Å²) < 4.78 is 0. The van der Waals surface area contributed by atoms with Crippen LogP contribution in [-0.2, 0) is 10.5 Å². The van der Waals surface area contributed by atoms with Gasteiger partial charge in [-0.1, -0.05) is 32.0 Å². The number of thioether (sulfide) groups is 1. The molecule has 1 aromatic carbocycles. The van der Waals surface area contributed by atoms with Crippen LogP contribution in [0.3, 0.4) is 0 Å². The van der Waals surface area contributed by atoms with E-state index in [2.05, 4.69) is 43.6 Å². The Bertz CT molecular complexity index is 374. The van der Waals surface area contributed by atoms with E-state index in [1.165, 1.54) is 11.1 Å². The molecule has 0 saturated heterocycles. The molecule has 0 saturated carbocycles. The Labute approximate surface area is 102 Å². The Morgan fingerprint density at radius 1 is 1.44 bits per heavy atom. The van der Waals surface area contributed by atoms with Crippen molar-refractivity contribution >= 4 is 23.4 Å². The molecule has 1 amide bonds. The minimum atomic E-state index is -0.00421. The van der Waals surface area contributed by atoms with Crippen molar-refractivity contribution in [1.82, 2.24) is 0 Å². The second-order valence-corrected chi connectivity index (χ2v) is 5.02. The quantitative estimate of drug-likeness (QED) is 0.866. The number of hydrogen-bond donors (Lipinski definition) is 1. The standard InChI is InChI=1S/C13H19NOS/c1-9(2)12-7-5-6-11(8-16-4)13(12)14-10(3)15/h5-7,9H,8H2,1-4H3,(H,14,15). The van der Waals surface area contributed by atoms with E-state index in [0.717, 1.165) is 11.4 Å². The normalized spacial score (nSPS) is 10.6. The highest BCUT2D eigenvalue weighted by Gasteiger charge is 2.11. The van der Waals surface area contributed by atoms with Crippen LogP contribution in [0.1, 0.15) is 37.8 Å². The number of carbonyl (C=O) groups excluding carboxylic acids is 1. The summed E-state index contributed by atoms with van der Waals surface area (Å²) in [6.45, 7) is 5.84. The molecular formula is C13H19NOS. The van der Waals surface area contributed by atoms with Gasteiger partial charge in [0.25, 0.3) is 0 Å². The van der Waals surface area contributed by atoms with E-state index < -0.39 is 0 Å². The minimum absolute atomic E-state index is 0.00421. The van der Waals surface area contributed by atoms with Crippen molar-refractivity contribution in [2.75, 3.05) is 11.6 Å². The molecule has 1 N–H and O–H groups in total.